The van der Waals surface area contributed by atoms with Crippen LogP contribution in [0, 0.1) is 0 Å². The second-order valence-electron chi connectivity index (χ2n) is 6.51. The first-order valence-corrected chi connectivity index (χ1v) is 12.1. The van der Waals surface area contributed by atoms with E-state index in [2.05, 4.69) is 10.2 Å². The monoisotopic (exact) mass is 535 g/mol. The van der Waals surface area contributed by atoms with E-state index in [-0.39, 0.29) is 28.5 Å². The van der Waals surface area contributed by atoms with Crippen LogP contribution in [0.2, 0.25) is 20.1 Å². The highest BCUT2D eigenvalue weighted by molar-refractivity contribution is 8.01. The first kappa shape index (κ1) is 22.8. The molecule has 31 heavy (non-hydrogen) atoms. The van der Waals surface area contributed by atoms with E-state index >= 15 is 0 Å². The first-order chi connectivity index (χ1) is 14.7. The van der Waals surface area contributed by atoms with Gasteiger partial charge in [-0.3, -0.25) is 9.69 Å². The smallest absolute Gasteiger partial charge is 0.242 e. The van der Waals surface area contributed by atoms with Gasteiger partial charge in [0, 0.05) is 15.6 Å². The Labute approximate surface area is 206 Å². The second kappa shape index (κ2) is 9.21. The number of carbonyl (C=O) groups excluding carboxylic acids is 1. The SMILES string of the molecule is CC1SC(c2cc(Cl)cc(Cl)c2O)N(c2nnc(COc3ccc(Cl)cc3Cl)s2)C1=O. The maximum Gasteiger partial charge on any atom is 0.242 e. The third-order valence-corrected chi connectivity index (χ3v) is 7.65. The fourth-order valence-corrected chi connectivity index (χ4v) is 6.03. The fraction of sp³-hybridized carbons (Fsp3) is 0.211. The molecule has 0 bridgehead atoms. The van der Waals surface area contributed by atoms with Crippen molar-refractivity contribution in [3.63, 3.8) is 0 Å². The summed E-state index contributed by atoms with van der Waals surface area (Å²) < 4.78 is 5.70. The number of aromatic hydroxyl groups is 1. The Morgan fingerprint density at radius 3 is 2.58 bits per heavy atom. The van der Waals surface area contributed by atoms with Crippen molar-refractivity contribution in [2.24, 2.45) is 0 Å². The number of benzene rings is 2. The molecule has 1 aromatic heterocycles. The fourth-order valence-electron chi connectivity index (χ4n) is 2.94. The zero-order chi connectivity index (χ0) is 22.3. The summed E-state index contributed by atoms with van der Waals surface area (Å²) in [4.78, 5) is 14.4. The number of anilines is 1. The standard InChI is InChI=1S/C19H13Cl4N3O3S2/c1-8-17(28)26(18(30-8)11-4-10(21)6-13(23)16(11)27)19-25-24-15(31-19)7-29-14-3-2-9(20)5-12(14)22/h2-6,8,18,27H,7H2,1H3. The van der Waals surface area contributed by atoms with Crippen molar-refractivity contribution in [2.75, 3.05) is 4.90 Å². The predicted octanol–water partition coefficient (Wildman–Crippen LogP) is 6.60. The van der Waals surface area contributed by atoms with Crippen molar-refractivity contribution < 1.29 is 14.6 Å². The number of rotatable bonds is 5. The van der Waals surface area contributed by atoms with Crippen LogP contribution >= 0.6 is 69.5 Å². The number of carbonyl (C=O) groups is 1. The molecule has 2 atom stereocenters. The third kappa shape index (κ3) is 4.69. The van der Waals surface area contributed by atoms with E-state index in [9.17, 15) is 9.90 Å². The lowest BCUT2D eigenvalue weighted by molar-refractivity contribution is -0.117. The molecule has 0 radical (unpaired) electrons. The minimum Gasteiger partial charge on any atom is -0.506 e. The van der Waals surface area contributed by atoms with Gasteiger partial charge in [-0.05, 0) is 37.3 Å². The molecule has 6 nitrogen and oxygen atoms in total. The lowest BCUT2D eigenvalue weighted by Gasteiger charge is -2.22. The van der Waals surface area contributed by atoms with Crippen molar-refractivity contribution in [3.8, 4) is 11.5 Å². The summed E-state index contributed by atoms with van der Waals surface area (Å²) in [7, 11) is 0. The van der Waals surface area contributed by atoms with Gasteiger partial charge in [-0.25, -0.2) is 0 Å². The number of aromatic nitrogens is 2. The summed E-state index contributed by atoms with van der Waals surface area (Å²) in [5.41, 5.74) is 0.432. The van der Waals surface area contributed by atoms with Gasteiger partial charge in [0.05, 0.1) is 15.3 Å². The summed E-state index contributed by atoms with van der Waals surface area (Å²) >= 11 is 26.8. The number of phenolic OH excluding ortho intramolecular Hbond substituents is 1. The predicted molar refractivity (Wildman–Crippen MR) is 126 cm³/mol. The molecule has 0 saturated carbocycles. The highest BCUT2D eigenvalue weighted by Gasteiger charge is 2.42. The van der Waals surface area contributed by atoms with E-state index < -0.39 is 5.37 Å². The molecular formula is C19H13Cl4N3O3S2. The average Bonchev–Trinajstić information content (AvgIpc) is 3.28. The van der Waals surface area contributed by atoms with E-state index in [1.54, 1.807) is 31.2 Å². The van der Waals surface area contributed by atoms with E-state index in [1.807, 2.05) is 0 Å². The molecular weight excluding hydrogens is 524 g/mol. The highest BCUT2D eigenvalue weighted by atomic mass is 35.5. The zero-order valence-electron chi connectivity index (χ0n) is 15.7. The maximum absolute atomic E-state index is 12.9. The molecule has 1 aliphatic rings. The van der Waals surface area contributed by atoms with Gasteiger partial charge in [0.2, 0.25) is 11.0 Å². The zero-order valence-corrected chi connectivity index (χ0v) is 20.3. The van der Waals surface area contributed by atoms with Crippen LogP contribution in [0.25, 0.3) is 0 Å². The molecule has 12 heteroatoms. The van der Waals surface area contributed by atoms with Crippen LogP contribution < -0.4 is 9.64 Å². The number of phenols is 1. The molecule has 1 amide bonds. The Morgan fingerprint density at radius 2 is 1.84 bits per heavy atom. The Bertz CT molecular complexity index is 1160. The summed E-state index contributed by atoms with van der Waals surface area (Å²) in [6, 6.07) is 7.95. The number of hydrogen-bond donors (Lipinski definition) is 1. The van der Waals surface area contributed by atoms with Crippen LogP contribution in [0.3, 0.4) is 0 Å². The number of nitrogens with zero attached hydrogens (tertiary/aromatic N) is 3. The molecule has 4 rings (SSSR count). The van der Waals surface area contributed by atoms with Gasteiger partial charge in [-0.15, -0.1) is 22.0 Å². The molecule has 1 N–H and O–H groups in total. The molecule has 1 fully saturated rings. The summed E-state index contributed by atoms with van der Waals surface area (Å²) in [6.07, 6.45) is 0. The molecule has 1 saturated heterocycles. The van der Waals surface area contributed by atoms with Crippen LogP contribution in [0.15, 0.2) is 30.3 Å². The van der Waals surface area contributed by atoms with Gasteiger partial charge in [-0.1, -0.05) is 57.7 Å². The minimum absolute atomic E-state index is 0.112. The van der Waals surface area contributed by atoms with Crippen molar-refractivity contribution in [1.29, 1.82) is 0 Å². The normalized spacial score (nSPS) is 18.6. The van der Waals surface area contributed by atoms with Crippen LogP contribution in [-0.2, 0) is 11.4 Å². The molecule has 0 aliphatic carbocycles. The first-order valence-electron chi connectivity index (χ1n) is 8.81. The second-order valence-corrected chi connectivity index (χ2v) is 10.7. The number of hydrogen-bond acceptors (Lipinski definition) is 7. The van der Waals surface area contributed by atoms with Crippen LogP contribution in [0.4, 0.5) is 5.13 Å². The van der Waals surface area contributed by atoms with Gasteiger partial charge in [0.15, 0.2) is 5.01 Å². The van der Waals surface area contributed by atoms with Gasteiger partial charge in [-0.2, -0.15) is 0 Å². The highest BCUT2D eigenvalue weighted by Crippen LogP contribution is 2.50. The van der Waals surface area contributed by atoms with Crippen molar-refractivity contribution >= 4 is 80.5 Å². The molecule has 2 unspecified atom stereocenters. The van der Waals surface area contributed by atoms with Crippen LogP contribution in [0.1, 0.15) is 22.9 Å². The number of amides is 1. The summed E-state index contributed by atoms with van der Waals surface area (Å²) in [5, 5.41) is 20.1. The van der Waals surface area contributed by atoms with Gasteiger partial charge >= 0.3 is 0 Å². The molecule has 2 heterocycles. The van der Waals surface area contributed by atoms with E-state index in [1.165, 1.54) is 34.1 Å². The van der Waals surface area contributed by atoms with E-state index in [0.717, 1.165) is 0 Å². The molecule has 3 aromatic rings. The topological polar surface area (TPSA) is 75.6 Å². The van der Waals surface area contributed by atoms with Crippen molar-refractivity contribution in [2.45, 2.75) is 24.2 Å². The van der Waals surface area contributed by atoms with Crippen molar-refractivity contribution in [3.05, 3.63) is 61.0 Å². The molecule has 2 aromatic carbocycles. The van der Waals surface area contributed by atoms with Gasteiger partial charge < -0.3 is 9.84 Å². The van der Waals surface area contributed by atoms with Crippen molar-refractivity contribution in [1.82, 2.24) is 10.2 Å². The van der Waals surface area contributed by atoms with Gasteiger partial charge in [0.1, 0.15) is 23.5 Å². The maximum atomic E-state index is 12.9. The Balaban J connectivity index is 1.59. The lowest BCUT2D eigenvalue weighted by Crippen LogP contribution is -2.30. The Hall–Kier alpha value is -1.42. The lowest BCUT2D eigenvalue weighted by atomic mass is 10.2. The Morgan fingerprint density at radius 1 is 1.10 bits per heavy atom. The third-order valence-electron chi connectivity index (χ3n) is 4.38. The van der Waals surface area contributed by atoms with E-state index in [0.29, 0.717) is 36.5 Å². The molecule has 1 aliphatic heterocycles. The van der Waals surface area contributed by atoms with E-state index in [4.69, 9.17) is 51.1 Å². The van der Waals surface area contributed by atoms with Gasteiger partial charge in [0.25, 0.3) is 0 Å². The number of ether oxygens (including phenoxy) is 1. The quantitative estimate of drug-likeness (QED) is 0.395. The largest absolute Gasteiger partial charge is 0.506 e. The summed E-state index contributed by atoms with van der Waals surface area (Å²) in [5.74, 6) is 0.177. The summed E-state index contributed by atoms with van der Waals surface area (Å²) in [6.45, 7) is 1.90. The van der Waals surface area contributed by atoms with Crippen LogP contribution in [0.5, 0.6) is 11.5 Å². The molecule has 0 spiro atoms. The number of halogens is 4. The van der Waals surface area contributed by atoms with Crippen LogP contribution in [-0.4, -0.2) is 26.5 Å². The Kier molecular flexibility index (Phi) is 6.76. The average molecular weight is 537 g/mol. The number of thioether (sulfide) groups is 1. The molecule has 162 valence electrons. The minimum atomic E-state index is -0.550.